The SMILES string of the molecule is CCc1ccc(Nc2nnc(S[C@H](C)C(=O)NCc3ccc(F)cc3)s2)cc1. The van der Waals surface area contributed by atoms with Crippen LogP contribution in [0.2, 0.25) is 0 Å². The average Bonchev–Trinajstić information content (AvgIpc) is 3.14. The van der Waals surface area contributed by atoms with Gasteiger partial charge in [0.1, 0.15) is 5.82 Å². The number of hydrogen-bond acceptors (Lipinski definition) is 6. The quantitative estimate of drug-likeness (QED) is 0.517. The van der Waals surface area contributed by atoms with Crippen molar-refractivity contribution in [2.75, 3.05) is 5.32 Å². The maximum absolute atomic E-state index is 12.9. The van der Waals surface area contributed by atoms with Crippen LogP contribution < -0.4 is 10.6 Å². The van der Waals surface area contributed by atoms with Gasteiger partial charge in [0.15, 0.2) is 4.34 Å². The Morgan fingerprint density at radius 2 is 1.79 bits per heavy atom. The summed E-state index contributed by atoms with van der Waals surface area (Å²) in [6.07, 6.45) is 1.00. The van der Waals surface area contributed by atoms with E-state index in [2.05, 4.69) is 39.9 Å². The summed E-state index contributed by atoms with van der Waals surface area (Å²) in [4.78, 5) is 12.3. The Kier molecular flexibility index (Phi) is 7.00. The molecule has 0 aliphatic heterocycles. The molecule has 3 aromatic rings. The Morgan fingerprint density at radius 3 is 2.46 bits per heavy atom. The molecule has 0 saturated carbocycles. The van der Waals surface area contributed by atoms with E-state index in [1.807, 2.05) is 19.1 Å². The molecule has 2 N–H and O–H groups in total. The summed E-state index contributed by atoms with van der Waals surface area (Å²) in [6, 6.07) is 14.2. The second-order valence-corrected chi connectivity index (χ2v) is 8.72. The molecule has 0 bridgehead atoms. The van der Waals surface area contributed by atoms with Crippen LogP contribution in [0.1, 0.15) is 25.0 Å². The first-order chi connectivity index (χ1) is 13.5. The summed E-state index contributed by atoms with van der Waals surface area (Å²) in [7, 11) is 0. The van der Waals surface area contributed by atoms with Crippen LogP contribution in [0.15, 0.2) is 52.9 Å². The van der Waals surface area contributed by atoms with Crippen LogP contribution in [0.4, 0.5) is 15.2 Å². The summed E-state index contributed by atoms with van der Waals surface area (Å²) < 4.78 is 13.6. The lowest BCUT2D eigenvalue weighted by Gasteiger charge is -2.10. The second-order valence-electron chi connectivity index (χ2n) is 6.15. The summed E-state index contributed by atoms with van der Waals surface area (Å²) in [6.45, 7) is 4.30. The van der Waals surface area contributed by atoms with Crippen molar-refractivity contribution in [1.29, 1.82) is 0 Å². The van der Waals surface area contributed by atoms with Crippen molar-refractivity contribution in [3.63, 3.8) is 0 Å². The number of nitrogens with one attached hydrogen (secondary N) is 2. The zero-order valence-corrected chi connectivity index (χ0v) is 17.2. The van der Waals surface area contributed by atoms with Gasteiger partial charge in [0.2, 0.25) is 11.0 Å². The van der Waals surface area contributed by atoms with Gasteiger partial charge in [0, 0.05) is 12.2 Å². The molecule has 28 heavy (non-hydrogen) atoms. The van der Waals surface area contributed by atoms with E-state index in [9.17, 15) is 9.18 Å². The van der Waals surface area contributed by atoms with Crippen molar-refractivity contribution in [3.8, 4) is 0 Å². The molecular formula is C20H21FN4OS2. The minimum atomic E-state index is -0.315. The Labute approximate surface area is 171 Å². The molecule has 1 amide bonds. The van der Waals surface area contributed by atoms with Gasteiger partial charge in [-0.2, -0.15) is 0 Å². The maximum atomic E-state index is 12.9. The van der Waals surface area contributed by atoms with Gasteiger partial charge >= 0.3 is 0 Å². The Balaban J connectivity index is 1.50. The maximum Gasteiger partial charge on any atom is 0.233 e. The molecular weight excluding hydrogens is 395 g/mol. The standard InChI is InChI=1S/C20H21FN4OS2/c1-3-14-6-10-17(11-7-14)23-19-24-25-20(28-19)27-13(2)18(26)22-12-15-4-8-16(21)9-5-15/h4-11,13H,3,12H2,1-2H3,(H,22,26)(H,23,24)/t13-/m1/s1. The van der Waals surface area contributed by atoms with Crippen molar-refractivity contribution in [2.24, 2.45) is 0 Å². The molecule has 0 saturated heterocycles. The van der Waals surface area contributed by atoms with Crippen molar-refractivity contribution in [3.05, 3.63) is 65.5 Å². The van der Waals surface area contributed by atoms with Crippen molar-refractivity contribution >= 4 is 39.8 Å². The highest BCUT2D eigenvalue weighted by molar-refractivity contribution is 8.02. The number of thioether (sulfide) groups is 1. The highest BCUT2D eigenvalue weighted by Crippen LogP contribution is 2.30. The first-order valence-electron chi connectivity index (χ1n) is 8.91. The summed E-state index contributed by atoms with van der Waals surface area (Å²) in [5, 5.41) is 14.7. The number of rotatable bonds is 8. The average molecular weight is 417 g/mol. The van der Waals surface area contributed by atoms with Gasteiger partial charge in [-0.05, 0) is 48.7 Å². The number of benzene rings is 2. The first-order valence-corrected chi connectivity index (χ1v) is 10.6. The van der Waals surface area contributed by atoms with Crippen LogP contribution in [-0.2, 0) is 17.8 Å². The molecule has 1 atom stereocenters. The molecule has 0 unspecified atom stereocenters. The van der Waals surface area contributed by atoms with Gasteiger partial charge in [-0.3, -0.25) is 4.79 Å². The molecule has 8 heteroatoms. The topological polar surface area (TPSA) is 66.9 Å². The van der Waals surface area contributed by atoms with Gasteiger partial charge in [-0.25, -0.2) is 4.39 Å². The van der Waals surface area contributed by atoms with E-state index in [4.69, 9.17) is 0 Å². The van der Waals surface area contributed by atoms with Crippen LogP contribution in [0, 0.1) is 5.82 Å². The summed E-state index contributed by atoms with van der Waals surface area (Å²) >= 11 is 2.77. The van der Waals surface area contributed by atoms with E-state index >= 15 is 0 Å². The molecule has 0 fully saturated rings. The lowest BCUT2D eigenvalue weighted by atomic mass is 10.1. The van der Waals surface area contributed by atoms with Gasteiger partial charge < -0.3 is 10.6 Å². The number of halogens is 1. The monoisotopic (exact) mass is 416 g/mol. The number of aryl methyl sites for hydroxylation is 1. The van der Waals surface area contributed by atoms with Crippen molar-refractivity contribution in [2.45, 2.75) is 36.4 Å². The van der Waals surface area contributed by atoms with Gasteiger partial charge in [0.05, 0.1) is 5.25 Å². The van der Waals surface area contributed by atoms with E-state index < -0.39 is 0 Å². The van der Waals surface area contributed by atoms with E-state index in [0.29, 0.717) is 11.7 Å². The molecule has 0 aliphatic carbocycles. The van der Waals surface area contributed by atoms with E-state index in [-0.39, 0.29) is 17.0 Å². The second kappa shape index (κ2) is 9.66. The smallest absolute Gasteiger partial charge is 0.233 e. The fourth-order valence-electron chi connectivity index (χ4n) is 2.40. The lowest BCUT2D eigenvalue weighted by Crippen LogP contribution is -2.30. The van der Waals surface area contributed by atoms with E-state index in [1.54, 1.807) is 12.1 Å². The Morgan fingerprint density at radius 1 is 1.11 bits per heavy atom. The zero-order chi connectivity index (χ0) is 19.9. The fraction of sp³-hybridized carbons (Fsp3) is 0.250. The molecule has 5 nitrogen and oxygen atoms in total. The van der Waals surface area contributed by atoms with Gasteiger partial charge in [0.25, 0.3) is 0 Å². The Bertz CT molecular complexity index is 913. The predicted octanol–water partition coefficient (Wildman–Crippen LogP) is 4.78. The third-order valence-corrected chi connectivity index (χ3v) is 6.07. The van der Waals surface area contributed by atoms with Gasteiger partial charge in [-0.1, -0.05) is 54.3 Å². The molecule has 1 heterocycles. The highest BCUT2D eigenvalue weighted by Gasteiger charge is 2.17. The van der Waals surface area contributed by atoms with Crippen LogP contribution in [0.3, 0.4) is 0 Å². The molecule has 0 spiro atoms. The molecule has 0 aliphatic rings. The van der Waals surface area contributed by atoms with Gasteiger partial charge in [-0.15, -0.1) is 10.2 Å². The predicted molar refractivity (Wildman–Crippen MR) is 113 cm³/mol. The molecule has 3 rings (SSSR count). The summed E-state index contributed by atoms with van der Waals surface area (Å²) in [5.74, 6) is -0.393. The minimum Gasteiger partial charge on any atom is -0.351 e. The minimum absolute atomic E-state index is 0.103. The number of carbonyl (C=O) groups excluding carboxylic acids is 1. The number of aromatic nitrogens is 2. The van der Waals surface area contributed by atoms with E-state index in [1.165, 1.54) is 40.8 Å². The lowest BCUT2D eigenvalue weighted by molar-refractivity contribution is -0.120. The molecule has 2 aromatic carbocycles. The number of anilines is 2. The fourth-order valence-corrected chi connectivity index (χ4v) is 4.34. The third-order valence-electron chi connectivity index (χ3n) is 4.05. The normalized spacial score (nSPS) is 11.8. The number of hydrogen-bond donors (Lipinski definition) is 2. The summed E-state index contributed by atoms with van der Waals surface area (Å²) in [5.41, 5.74) is 3.08. The Hall–Kier alpha value is -2.45. The zero-order valence-electron chi connectivity index (χ0n) is 15.6. The first kappa shape index (κ1) is 20.3. The number of nitrogens with zero attached hydrogens (tertiary/aromatic N) is 2. The number of amides is 1. The van der Waals surface area contributed by atoms with Crippen molar-refractivity contribution in [1.82, 2.24) is 15.5 Å². The highest BCUT2D eigenvalue weighted by atomic mass is 32.2. The van der Waals surface area contributed by atoms with Crippen LogP contribution in [-0.4, -0.2) is 21.4 Å². The van der Waals surface area contributed by atoms with Crippen LogP contribution in [0.5, 0.6) is 0 Å². The molecule has 0 radical (unpaired) electrons. The molecule has 146 valence electrons. The number of carbonyl (C=O) groups is 1. The van der Waals surface area contributed by atoms with Crippen molar-refractivity contribution < 1.29 is 9.18 Å². The molecule has 1 aromatic heterocycles. The van der Waals surface area contributed by atoms with E-state index in [0.717, 1.165) is 22.0 Å². The largest absolute Gasteiger partial charge is 0.351 e. The third kappa shape index (κ3) is 5.77. The van der Waals surface area contributed by atoms with Crippen LogP contribution >= 0.6 is 23.1 Å². The van der Waals surface area contributed by atoms with Crippen LogP contribution in [0.25, 0.3) is 0 Å².